The van der Waals surface area contributed by atoms with Gasteiger partial charge in [0.2, 0.25) is 0 Å². The summed E-state index contributed by atoms with van der Waals surface area (Å²) in [4.78, 5) is 26.2. The Bertz CT molecular complexity index is 839. The highest BCUT2D eigenvalue weighted by molar-refractivity contribution is 7.91. The second-order valence-corrected chi connectivity index (χ2v) is 10.4. The molecule has 1 heterocycles. The van der Waals surface area contributed by atoms with Gasteiger partial charge in [-0.15, -0.1) is 0 Å². The Labute approximate surface area is 173 Å². The van der Waals surface area contributed by atoms with Crippen LogP contribution in [0, 0.1) is 26.7 Å². The highest BCUT2D eigenvalue weighted by Gasteiger charge is 2.35. The van der Waals surface area contributed by atoms with Crippen molar-refractivity contribution in [1.82, 2.24) is 4.90 Å². The SMILES string of the molecule is Cc1cc(C)c(OCC(=O)OCC(=O)N(CC(C)C)C2CCS(=O)(=O)C2)c(C)c1. The lowest BCUT2D eigenvalue weighted by Gasteiger charge is -2.29. The Morgan fingerprint density at radius 2 is 1.76 bits per heavy atom. The summed E-state index contributed by atoms with van der Waals surface area (Å²) in [6.07, 6.45) is 0.420. The van der Waals surface area contributed by atoms with Crippen molar-refractivity contribution in [3.05, 3.63) is 28.8 Å². The van der Waals surface area contributed by atoms with Crippen molar-refractivity contribution in [2.24, 2.45) is 5.92 Å². The molecule has 1 saturated heterocycles. The van der Waals surface area contributed by atoms with Gasteiger partial charge in [-0.25, -0.2) is 13.2 Å². The number of benzene rings is 1. The van der Waals surface area contributed by atoms with Gasteiger partial charge in [0.25, 0.3) is 5.91 Å². The number of hydrogen-bond acceptors (Lipinski definition) is 6. The van der Waals surface area contributed by atoms with E-state index in [9.17, 15) is 18.0 Å². The number of hydrogen-bond donors (Lipinski definition) is 0. The molecule has 1 atom stereocenters. The van der Waals surface area contributed by atoms with Gasteiger partial charge in [0.1, 0.15) is 5.75 Å². The first-order valence-electron chi connectivity index (χ1n) is 9.84. The van der Waals surface area contributed by atoms with Gasteiger partial charge < -0.3 is 14.4 Å². The molecule has 1 aliphatic heterocycles. The second kappa shape index (κ2) is 9.61. The summed E-state index contributed by atoms with van der Waals surface area (Å²) < 4.78 is 34.2. The van der Waals surface area contributed by atoms with Gasteiger partial charge in [-0.1, -0.05) is 31.5 Å². The van der Waals surface area contributed by atoms with E-state index in [0.717, 1.165) is 16.7 Å². The van der Waals surface area contributed by atoms with Crippen molar-refractivity contribution in [2.75, 3.05) is 31.3 Å². The second-order valence-electron chi connectivity index (χ2n) is 8.17. The zero-order valence-corrected chi connectivity index (χ0v) is 18.7. The van der Waals surface area contributed by atoms with E-state index >= 15 is 0 Å². The lowest BCUT2D eigenvalue weighted by atomic mass is 10.1. The number of ether oxygens (including phenoxy) is 2. The van der Waals surface area contributed by atoms with Crippen molar-refractivity contribution in [3.63, 3.8) is 0 Å². The predicted molar refractivity (Wildman–Crippen MR) is 111 cm³/mol. The maximum Gasteiger partial charge on any atom is 0.344 e. The number of carbonyl (C=O) groups excluding carboxylic acids is 2. The van der Waals surface area contributed by atoms with E-state index in [1.807, 2.05) is 46.8 Å². The molecule has 0 radical (unpaired) electrons. The first-order chi connectivity index (χ1) is 13.5. The van der Waals surface area contributed by atoms with Gasteiger partial charge in [0, 0.05) is 12.6 Å². The average Bonchev–Trinajstić information content (AvgIpc) is 2.96. The molecule has 29 heavy (non-hydrogen) atoms. The number of amides is 1. The van der Waals surface area contributed by atoms with E-state index in [0.29, 0.717) is 18.7 Å². The number of rotatable bonds is 8. The van der Waals surface area contributed by atoms with E-state index in [4.69, 9.17) is 9.47 Å². The minimum atomic E-state index is -3.11. The summed E-state index contributed by atoms with van der Waals surface area (Å²) in [5.41, 5.74) is 2.97. The first kappa shape index (κ1) is 23.2. The van der Waals surface area contributed by atoms with Crippen LogP contribution in [0.4, 0.5) is 0 Å². The van der Waals surface area contributed by atoms with Gasteiger partial charge in [-0.05, 0) is 44.2 Å². The number of carbonyl (C=O) groups is 2. The van der Waals surface area contributed by atoms with Gasteiger partial charge in [0.15, 0.2) is 23.1 Å². The molecule has 8 heteroatoms. The number of aryl methyl sites for hydroxylation is 3. The smallest absolute Gasteiger partial charge is 0.344 e. The molecule has 1 aromatic rings. The molecule has 0 aromatic heterocycles. The third-order valence-electron chi connectivity index (χ3n) is 4.83. The minimum Gasteiger partial charge on any atom is -0.481 e. The Morgan fingerprint density at radius 3 is 2.28 bits per heavy atom. The monoisotopic (exact) mass is 425 g/mol. The number of sulfone groups is 1. The van der Waals surface area contributed by atoms with Crippen LogP contribution in [0.25, 0.3) is 0 Å². The Hall–Kier alpha value is -2.09. The molecular formula is C21H31NO6S. The molecule has 1 aromatic carbocycles. The zero-order chi connectivity index (χ0) is 21.8. The van der Waals surface area contributed by atoms with Crippen molar-refractivity contribution < 1.29 is 27.5 Å². The minimum absolute atomic E-state index is 0.0332. The molecule has 1 unspecified atom stereocenters. The van der Waals surface area contributed by atoms with E-state index in [2.05, 4.69) is 0 Å². The Morgan fingerprint density at radius 1 is 1.14 bits per heavy atom. The molecule has 0 saturated carbocycles. The molecule has 0 aliphatic carbocycles. The maximum absolute atomic E-state index is 12.6. The number of esters is 1. The van der Waals surface area contributed by atoms with Crippen molar-refractivity contribution >= 4 is 21.7 Å². The van der Waals surface area contributed by atoms with E-state index in [1.54, 1.807) is 0 Å². The topological polar surface area (TPSA) is 90.0 Å². The van der Waals surface area contributed by atoms with Crippen LogP contribution in [0.2, 0.25) is 0 Å². The number of nitrogens with zero attached hydrogens (tertiary/aromatic N) is 1. The summed E-state index contributed by atoms with van der Waals surface area (Å²) in [5, 5.41) is 0. The third kappa shape index (κ3) is 6.73. The molecule has 2 rings (SSSR count). The quantitative estimate of drug-likeness (QED) is 0.593. The van der Waals surface area contributed by atoms with Crippen LogP contribution in [0.5, 0.6) is 5.75 Å². The van der Waals surface area contributed by atoms with Gasteiger partial charge >= 0.3 is 5.97 Å². The van der Waals surface area contributed by atoms with E-state index in [-0.39, 0.29) is 36.0 Å². The Kier molecular flexibility index (Phi) is 7.68. The summed E-state index contributed by atoms with van der Waals surface area (Å²) in [6, 6.07) is 3.58. The molecule has 7 nitrogen and oxygen atoms in total. The fraction of sp³-hybridized carbons (Fsp3) is 0.619. The molecule has 1 amide bonds. The van der Waals surface area contributed by atoms with Crippen LogP contribution >= 0.6 is 0 Å². The molecule has 162 valence electrons. The van der Waals surface area contributed by atoms with E-state index < -0.39 is 22.4 Å². The standard InChI is InChI=1S/C21H31NO6S/c1-14(2)10-22(18-6-7-29(25,26)13-18)19(23)11-27-20(24)12-28-21-16(4)8-15(3)9-17(21)5/h8-9,14,18H,6-7,10-13H2,1-5H3. The Balaban J connectivity index is 1.91. The summed E-state index contributed by atoms with van der Waals surface area (Å²) in [6.45, 7) is 9.42. The van der Waals surface area contributed by atoms with Crippen LogP contribution < -0.4 is 4.74 Å². The normalized spacial score (nSPS) is 17.9. The lowest BCUT2D eigenvalue weighted by Crippen LogP contribution is -2.45. The van der Waals surface area contributed by atoms with Crippen LogP contribution in [-0.2, 0) is 24.2 Å². The average molecular weight is 426 g/mol. The molecule has 0 spiro atoms. The molecular weight excluding hydrogens is 394 g/mol. The van der Waals surface area contributed by atoms with E-state index in [1.165, 1.54) is 4.90 Å². The lowest BCUT2D eigenvalue weighted by molar-refractivity contribution is -0.154. The fourth-order valence-corrected chi connectivity index (χ4v) is 5.39. The van der Waals surface area contributed by atoms with Crippen molar-refractivity contribution in [1.29, 1.82) is 0 Å². The third-order valence-corrected chi connectivity index (χ3v) is 6.58. The molecule has 0 N–H and O–H groups in total. The maximum atomic E-state index is 12.6. The summed E-state index contributed by atoms with van der Waals surface area (Å²) in [7, 11) is -3.11. The fourth-order valence-electron chi connectivity index (χ4n) is 3.66. The molecule has 1 fully saturated rings. The van der Waals surface area contributed by atoms with Crippen LogP contribution in [0.15, 0.2) is 12.1 Å². The predicted octanol–water partition coefficient (Wildman–Crippen LogP) is 2.21. The van der Waals surface area contributed by atoms with Crippen LogP contribution in [-0.4, -0.2) is 62.5 Å². The highest BCUT2D eigenvalue weighted by Crippen LogP contribution is 2.24. The van der Waals surface area contributed by atoms with Crippen LogP contribution in [0.3, 0.4) is 0 Å². The van der Waals surface area contributed by atoms with Gasteiger partial charge in [-0.2, -0.15) is 0 Å². The first-order valence-corrected chi connectivity index (χ1v) is 11.7. The summed E-state index contributed by atoms with van der Waals surface area (Å²) in [5.74, 6) is -0.153. The largest absolute Gasteiger partial charge is 0.481 e. The van der Waals surface area contributed by atoms with Crippen molar-refractivity contribution in [2.45, 2.75) is 47.1 Å². The van der Waals surface area contributed by atoms with Crippen molar-refractivity contribution in [3.8, 4) is 5.75 Å². The highest BCUT2D eigenvalue weighted by atomic mass is 32.2. The molecule has 0 bridgehead atoms. The van der Waals surface area contributed by atoms with Crippen LogP contribution in [0.1, 0.15) is 37.0 Å². The van der Waals surface area contributed by atoms with Gasteiger partial charge in [-0.3, -0.25) is 4.79 Å². The molecule has 1 aliphatic rings. The summed E-state index contributed by atoms with van der Waals surface area (Å²) >= 11 is 0. The zero-order valence-electron chi connectivity index (χ0n) is 17.9. The van der Waals surface area contributed by atoms with Gasteiger partial charge in [0.05, 0.1) is 11.5 Å².